The smallest absolute Gasteiger partial charge is 0.135 e. The Morgan fingerprint density at radius 1 is 0.955 bits per heavy atom. The van der Waals surface area contributed by atoms with Crippen molar-refractivity contribution in [3.8, 4) is 11.3 Å². The molecule has 0 unspecified atom stereocenters. The van der Waals surface area contributed by atoms with Gasteiger partial charge in [-0.1, -0.05) is 23.2 Å². The highest BCUT2D eigenvalue weighted by atomic mass is 35.5. The first kappa shape index (κ1) is 15.1. The number of rotatable bonds is 5. The topological polar surface area (TPSA) is 38.1 Å². The second-order valence-corrected chi connectivity index (χ2v) is 5.69. The van der Waals surface area contributed by atoms with Crippen LogP contribution in [-0.4, -0.2) is 4.98 Å². The summed E-state index contributed by atoms with van der Waals surface area (Å²) in [5.74, 6) is 1.59. The summed E-state index contributed by atoms with van der Waals surface area (Å²) in [4.78, 5) is 3.99. The van der Waals surface area contributed by atoms with Gasteiger partial charge in [-0.15, -0.1) is 0 Å². The van der Waals surface area contributed by atoms with Gasteiger partial charge in [0.15, 0.2) is 0 Å². The van der Waals surface area contributed by atoms with Crippen molar-refractivity contribution in [1.82, 2.24) is 10.3 Å². The van der Waals surface area contributed by atoms with Crippen LogP contribution in [0, 0.1) is 0 Å². The van der Waals surface area contributed by atoms with Crippen molar-refractivity contribution in [2.24, 2.45) is 0 Å². The Morgan fingerprint density at radius 2 is 1.77 bits per heavy atom. The first-order valence-electron chi connectivity index (χ1n) is 6.86. The molecule has 3 aromatic rings. The van der Waals surface area contributed by atoms with E-state index < -0.39 is 0 Å². The number of benzene rings is 1. The highest BCUT2D eigenvalue weighted by Crippen LogP contribution is 2.31. The first-order chi connectivity index (χ1) is 10.7. The molecule has 3 rings (SSSR count). The molecule has 0 saturated heterocycles. The van der Waals surface area contributed by atoms with Gasteiger partial charge in [-0.2, -0.15) is 0 Å². The molecule has 0 amide bonds. The third-order valence-corrected chi connectivity index (χ3v) is 3.78. The second-order valence-electron chi connectivity index (χ2n) is 4.85. The molecule has 112 valence electrons. The van der Waals surface area contributed by atoms with E-state index in [2.05, 4.69) is 10.3 Å². The molecule has 0 aliphatic heterocycles. The van der Waals surface area contributed by atoms with Crippen LogP contribution in [0.4, 0.5) is 0 Å². The summed E-state index contributed by atoms with van der Waals surface area (Å²) in [5, 5.41) is 4.52. The van der Waals surface area contributed by atoms with Crippen LogP contribution in [0.3, 0.4) is 0 Å². The van der Waals surface area contributed by atoms with Crippen LogP contribution in [-0.2, 0) is 13.1 Å². The largest absolute Gasteiger partial charge is 0.460 e. The zero-order chi connectivity index (χ0) is 15.4. The predicted octanol–water partition coefficient (Wildman–Crippen LogP) is 4.94. The third-order valence-electron chi connectivity index (χ3n) is 3.24. The second kappa shape index (κ2) is 6.97. The number of nitrogens with zero attached hydrogens (tertiary/aromatic N) is 1. The Kier molecular flexibility index (Phi) is 4.78. The van der Waals surface area contributed by atoms with Gasteiger partial charge < -0.3 is 9.73 Å². The van der Waals surface area contributed by atoms with E-state index in [1.54, 1.807) is 24.5 Å². The predicted molar refractivity (Wildman–Crippen MR) is 88.9 cm³/mol. The van der Waals surface area contributed by atoms with Crippen LogP contribution in [0.1, 0.15) is 11.3 Å². The maximum absolute atomic E-state index is 6.19. The lowest BCUT2D eigenvalue weighted by Gasteiger charge is -2.03. The fourth-order valence-corrected chi connectivity index (χ4v) is 2.64. The van der Waals surface area contributed by atoms with E-state index in [1.807, 2.05) is 30.3 Å². The number of hydrogen-bond donors (Lipinski definition) is 1. The van der Waals surface area contributed by atoms with Crippen LogP contribution >= 0.6 is 23.2 Å². The van der Waals surface area contributed by atoms with Crippen molar-refractivity contribution >= 4 is 23.2 Å². The van der Waals surface area contributed by atoms with Gasteiger partial charge in [0, 0.05) is 29.5 Å². The van der Waals surface area contributed by atoms with Crippen LogP contribution < -0.4 is 5.32 Å². The Hall–Kier alpha value is -1.81. The Morgan fingerprint density at radius 3 is 2.55 bits per heavy atom. The molecular formula is C17H14Cl2N2O. The summed E-state index contributed by atoms with van der Waals surface area (Å²) in [6, 6.07) is 13.2. The normalized spacial score (nSPS) is 10.8. The molecule has 1 aromatic carbocycles. The standard InChI is InChI=1S/C17H14Cl2N2O/c18-13-1-3-15(16(19)9-13)17-4-2-14(22-17)11-21-10-12-5-7-20-8-6-12/h1-9,21H,10-11H2. The molecule has 0 saturated carbocycles. The van der Waals surface area contributed by atoms with Gasteiger partial charge in [-0.05, 0) is 48.0 Å². The number of aromatic nitrogens is 1. The van der Waals surface area contributed by atoms with Gasteiger partial charge >= 0.3 is 0 Å². The molecule has 22 heavy (non-hydrogen) atoms. The molecular weight excluding hydrogens is 319 g/mol. The quantitative estimate of drug-likeness (QED) is 0.719. The third kappa shape index (κ3) is 3.69. The van der Waals surface area contributed by atoms with Crippen molar-refractivity contribution in [3.05, 3.63) is 76.2 Å². The number of pyridine rings is 1. The molecule has 0 aliphatic rings. The van der Waals surface area contributed by atoms with Gasteiger partial charge in [-0.3, -0.25) is 4.98 Å². The molecule has 0 fully saturated rings. The van der Waals surface area contributed by atoms with E-state index in [-0.39, 0.29) is 0 Å². The van der Waals surface area contributed by atoms with E-state index in [9.17, 15) is 0 Å². The minimum absolute atomic E-state index is 0.582. The summed E-state index contributed by atoms with van der Waals surface area (Å²) < 4.78 is 5.83. The summed E-state index contributed by atoms with van der Waals surface area (Å²) in [6.07, 6.45) is 3.56. The van der Waals surface area contributed by atoms with Gasteiger partial charge in [0.05, 0.1) is 11.6 Å². The average Bonchev–Trinajstić information content (AvgIpc) is 2.97. The summed E-state index contributed by atoms with van der Waals surface area (Å²) in [5.41, 5.74) is 2.02. The van der Waals surface area contributed by atoms with Crippen LogP contribution in [0.15, 0.2) is 59.3 Å². The number of nitrogens with one attached hydrogen (secondary N) is 1. The highest BCUT2D eigenvalue weighted by molar-refractivity contribution is 6.36. The number of hydrogen-bond acceptors (Lipinski definition) is 3. The Labute approximate surface area is 138 Å². The minimum atomic E-state index is 0.582. The Balaban J connectivity index is 1.64. The monoisotopic (exact) mass is 332 g/mol. The first-order valence-corrected chi connectivity index (χ1v) is 7.62. The molecule has 3 nitrogen and oxygen atoms in total. The summed E-state index contributed by atoms with van der Waals surface area (Å²) in [7, 11) is 0. The summed E-state index contributed by atoms with van der Waals surface area (Å²) >= 11 is 12.1. The van der Waals surface area contributed by atoms with Gasteiger partial charge in [0.25, 0.3) is 0 Å². The van der Waals surface area contributed by atoms with Crippen molar-refractivity contribution in [3.63, 3.8) is 0 Å². The lowest BCUT2D eigenvalue weighted by Crippen LogP contribution is -2.11. The lowest BCUT2D eigenvalue weighted by atomic mass is 10.2. The van der Waals surface area contributed by atoms with E-state index in [4.69, 9.17) is 27.6 Å². The van der Waals surface area contributed by atoms with Crippen molar-refractivity contribution in [1.29, 1.82) is 0 Å². The van der Waals surface area contributed by atoms with Gasteiger partial charge in [0.1, 0.15) is 11.5 Å². The maximum atomic E-state index is 6.19. The molecule has 0 atom stereocenters. The van der Waals surface area contributed by atoms with E-state index in [0.717, 1.165) is 23.6 Å². The van der Waals surface area contributed by atoms with Crippen molar-refractivity contribution < 1.29 is 4.42 Å². The molecule has 0 bridgehead atoms. The highest BCUT2D eigenvalue weighted by Gasteiger charge is 2.09. The fraction of sp³-hybridized carbons (Fsp3) is 0.118. The summed E-state index contributed by atoms with van der Waals surface area (Å²) in [6.45, 7) is 1.41. The van der Waals surface area contributed by atoms with Crippen molar-refractivity contribution in [2.75, 3.05) is 0 Å². The van der Waals surface area contributed by atoms with Crippen LogP contribution in [0.2, 0.25) is 10.0 Å². The average molecular weight is 333 g/mol. The SMILES string of the molecule is Clc1ccc(-c2ccc(CNCc3ccncc3)o2)c(Cl)c1. The minimum Gasteiger partial charge on any atom is -0.460 e. The number of furan rings is 1. The molecule has 5 heteroatoms. The van der Waals surface area contributed by atoms with Crippen LogP contribution in [0.25, 0.3) is 11.3 Å². The molecule has 1 N–H and O–H groups in total. The molecule has 0 spiro atoms. The zero-order valence-electron chi connectivity index (χ0n) is 11.7. The van der Waals surface area contributed by atoms with Crippen molar-refractivity contribution in [2.45, 2.75) is 13.1 Å². The van der Waals surface area contributed by atoms with Gasteiger partial charge in [0.2, 0.25) is 0 Å². The molecule has 0 radical (unpaired) electrons. The molecule has 2 aromatic heterocycles. The lowest BCUT2D eigenvalue weighted by molar-refractivity contribution is 0.493. The van der Waals surface area contributed by atoms with E-state index in [1.165, 1.54) is 5.56 Å². The van der Waals surface area contributed by atoms with Crippen LogP contribution in [0.5, 0.6) is 0 Å². The van der Waals surface area contributed by atoms with E-state index >= 15 is 0 Å². The maximum Gasteiger partial charge on any atom is 0.135 e. The fourth-order valence-electron chi connectivity index (χ4n) is 2.14. The van der Waals surface area contributed by atoms with Gasteiger partial charge in [-0.25, -0.2) is 0 Å². The molecule has 0 aliphatic carbocycles. The zero-order valence-corrected chi connectivity index (χ0v) is 13.2. The van der Waals surface area contributed by atoms with E-state index in [0.29, 0.717) is 16.6 Å². The molecule has 2 heterocycles. The number of halogens is 2. The Bertz CT molecular complexity index is 756.